The Balaban J connectivity index is 3.03. The molecule has 0 N–H and O–H groups in total. The molecule has 1 aromatic carbocycles. The summed E-state index contributed by atoms with van der Waals surface area (Å²) in [7, 11) is 0. The van der Waals surface area contributed by atoms with Crippen LogP contribution < -0.4 is 4.74 Å². The van der Waals surface area contributed by atoms with Crippen molar-refractivity contribution in [3.05, 3.63) is 29.3 Å². The summed E-state index contributed by atoms with van der Waals surface area (Å²) >= 11 is 0. The van der Waals surface area contributed by atoms with Crippen molar-refractivity contribution in [3.63, 3.8) is 0 Å². The van der Waals surface area contributed by atoms with Gasteiger partial charge in [-0.1, -0.05) is 53.7 Å². The molecule has 1 unspecified atom stereocenters. The number of benzene rings is 1. The predicted octanol–water partition coefficient (Wildman–Crippen LogP) is 5.68. The van der Waals surface area contributed by atoms with E-state index in [2.05, 4.69) is 71.6 Å². The van der Waals surface area contributed by atoms with Crippen molar-refractivity contribution in [1.82, 2.24) is 0 Å². The van der Waals surface area contributed by atoms with Gasteiger partial charge in [0.2, 0.25) is 0 Å². The number of rotatable bonds is 5. The second-order valence-corrected chi connectivity index (χ2v) is 6.67. The molecule has 0 bridgehead atoms. The molecule has 0 aliphatic heterocycles. The molecule has 0 fully saturated rings. The Morgan fingerprint density at radius 3 is 2.43 bits per heavy atom. The standard InChI is InChI=1S/C20H30O/c1-7-9-10-11-16(3)17-12-13-19(21-14-8-2)18(15-17)20(4,5)6/h12-13,15-16H,7-8,11,14H2,1-6H3. The van der Waals surface area contributed by atoms with Crippen LogP contribution in [-0.4, -0.2) is 6.61 Å². The monoisotopic (exact) mass is 286 g/mol. The van der Waals surface area contributed by atoms with Gasteiger partial charge in [-0.25, -0.2) is 0 Å². The van der Waals surface area contributed by atoms with E-state index in [0.717, 1.165) is 31.6 Å². The lowest BCUT2D eigenvalue weighted by atomic mass is 9.83. The van der Waals surface area contributed by atoms with Gasteiger partial charge < -0.3 is 4.74 Å². The van der Waals surface area contributed by atoms with Crippen molar-refractivity contribution in [2.45, 2.75) is 72.1 Å². The van der Waals surface area contributed by atoms with Gasteiger partial charge in [0, 0.05) is 12.8 Å². The Morgan fingerprint density at radius 1 is 1.14 bits per heavy atom. The lowest BCUT2D eigenvalue weighted by Crippen LogP contribution is -2.14. The molecule has 1 aromatic rings. The molecule has 1 atom stereocenters. The van der Waals surface area contributed by atoms with Crippen LogP contribution in [0.4, 0.5) is 0 Å². The largest absolute Gasteiger partial charge is 0.493 e. The fraction of sp³-hybridized carbons (Fsp3) is 0.600. The molecule has 0 saturated heterocycles. The van der Waals surface area contributed by atoms with E-state index in [4.69, 9.17) is 4.74 Å². The molecule has 1 rings (SSSR count). The summed E-state index contributed by atoms with van der Waals surface area (Å²) in [5.41, 5.74) is 2.74. The molecule has 0 aliphatic carbocycles. The number of hydrogen-bond donors (Lipinski definition) is 0. The zero-order valence-electron chi connectivity index (χ0n) is 14.5. The second-order valence-electron chi connectivity index (χ2n) is 6.67. The molecule has 0 radical (unpaired) electrons. The van der Waals surface area contributed by atoms with Gasteiger partial charge in [-0.2, -0.15) is 0 Å². The van der Waals surface area contributed by atoms with Crippen LogP contribution in [0.2, 0.25) is 0 Å². The highest BCUT2D eigenvalue weighted by Gasteiger charge is 2.20. The summed E-state index contributed by atoms with van der Waals surface area (Å²) in [4.78, 5) is 0. The quantitative estimate of drug-likeness (QED) is 0.633. The SMILES string of the molecule is CCC#CCC(C)c1ccc(OCCC)c(C(C)(C)C)c1. The van der Waals surface area contributed by atoms with Gasteiger partial charge in [-0.05, 0) is 34.9 Å². The van der Waals surface area contributed by atoms with Crippen LogP contribution in [-0.2, 0) is 5.41 Å². The molecule has 0 aromatic heterocycles. The molecule has 0 amide bonds. The zero-order valence-corrected chi connectivity index (χ0v) is 14.5. The Hall–Kier alpha value is -1.42. The third-order valence-electron chi connectivity index (χ3n) is 3.55. The lowest BCUT2D eigenvalue weighted by molar-refractivity contribution is 0.308. The molecular formula is C20H30O. The van der Waals surface area contributed by atoms with Crippen molar-refractivity contribution < 1.29 is 4.74 Å². The van der Waals surface area contributed by atoms with Gasteiger partial charge in [0.25, 0.3) is 0 Å². The maximum Gasteiger partial charge on any atom is 0.123 e. The average molecular weight is 286 g/mol. The van der Waals surface area contributed by atoms with Crippen LogP contribution >= 0.6 is 0 Å². The molecule has 1 heteroatoms. The topological polar surface area (TPSA) is 9.23 Å². The summed E-state index contributed by atoms with van der Waals surface area (Å²) in [6.07, 6.45) is 2.89. The first-order valence-electron chi connectivity index (χ1n) is 8.13. The minimum Gasteiger partial charge on any atom is -0.493 e. The summed E-state index contributed by atoms with van der Waals surface area (Å²) in [5, 5.41) is 0. The van der Waals surface area contributed by atoms with Gasteiger partial charge in [0.15, 0.2) is 0 Å². The highest BCUT2D eigenvalue weighted by atomic mass is 16.5. The van der Waals surface area contributed by atoms with Crippen LogP contribution in [0, 0.1) is 11.8 Å². The maximum atomic E-state index is 5.92. The van der Waals surface area contributed by atoms with E-state index in [1.807, 2.05) is 0 Å². The van der Waals surface area contributed by atoms with E-state index in [1.54, 1.807) is 0 Å². The van der Waals surface area contributed by atoms with Crippen molar-refractivity contribution in [2.75, 3.05) is 6.61 Å². The number of hydrogen-bond acceptors (Lipinski definition) is 1. The summed E-state index contributed by atoms with van der Waals surface area (Å²) in [5.74, 6) is 7.91. The van der Waals surface area contributed by atoms with Gasteiger partial charge >= 0.3 is 0 Å². The second kappa shape index (κ2) is 8.13. The van der Waals surface area contributed by atoms with Crippen molar-refractivity contribution >= 4 is 0 Å². The minimum atomic E-state index is 0.0912. The van der Waals surface area contributed by atoms with Crippen molar-refractivity contribution in [1.29, 1.82) is 0 Å². The lowest BCUT2D eigenvalue weighted by Gasteiger charge is -2.24. The van der Waals surface area contributed by atoms with Crippen LogP contribution in [0.3, 0.4) is 0 Å². The minimum absolute atomic E-state index is 0.0912. The summed E-state index contributed by atoms with van der Waals surface area (Å²) in [6.45, 7) is 14.0. The number of ether oxygens (including phenoxy) is 1. The van der Waals surface area contributed by atoms with Gasteiger partial charge in [0.1, 0.15) is 5.75 Å². The van der Waals surface area contributed by atoms with Crippen LogP contribution in [0.25, 0.3) is 0 Å². The van der Waals surface area contributed by atoms with Crippen LogP contribution in [0.15, 0.2) is 18.2 Å². The average Bonchev–Trinajstić information content (AvgIpc) is 2.44. The van der Waals surface area contributed by atoms with Crippen molar-refractivity contribution in [2.24, 2.45) is 0 Å². The van der Waals surface area contributed by atoms with Crippen molar-refractivity contribution in [3.8, 4) is 17.6 Å². The Labute approximate surface area is 131 Å². The molecule has 0 heterocycles. The first kappa shape index (κ1) is 17.6. The van der Waals surface area contributed by atoms with Gasteiger partial charge in [-0.3, -0.25) is 0 Å². The fourth-order valence-electron chi connectivity index (χ4n) is 2.25. The fourth-order valence-corrected chi connectivity index (χ4v) is 2.25. The molecular weight excluding hydrogens is 256 g/mol. The normalized spacial score (nSPS) is 12.5. The van der Waals surface area contributed by atoms with E-state index >= 15 is 0 Å². The first-order valence-corrected chi connectivity index (χ1v) is 8.13. The Bertz CT molecular complexity index is 497. The van der Waals surface area contributed by atoms with Gasteiger partial charge in [-0.15, -0.1) is 11.8 Å². The van der Waals surface area contributed by atoms with E-state index < -0.39 is 0 Å². The molecule has 1 nitrogen and oxygen atoms in total. The Kier molecular flexibility index (Phi) is 6.82. The van der Waals surface area contributed by atoms with E-state index in [0.29, 0.717) is 5.92 Å². The molecule has 0 aliphatic rings. The molecule has 116 valence electrons. The molecule has 0 saturated carbocycles. The van der Waals surface area contributed by atoms with E-state index in [-0.39, 0.29) is 5.41 Å². The first-order chi connectivity index (χ1) is 9.90. The smallest absolute Gasteiger partial charge is 0.123 e. The van der Waals surface area contributed by atoms with Crippen LogP contribution in [0.5, 0.6) is 5.75 Å². The predicted molar refractivity (Wildman–Crippen MR) is 92.0 cm³/mol. The highest BCUT2D eigenvalue weighted by molar-refractivity contribution is 5.42. The van der Waals surface area contributed by atoms with E-state index in [9.17, 15) is 0 Å². The summed E-state index contributed by atoms with van der Waals surface area (Å²) in [6, 6.07) is 6.64. The van der Waals surface area contributed by atoms with Gasteiger partial charge in [0.05, 0.1) is 6.61 Å². The third kappa shape index (κ3) is 5.46. The zero-order chi connectivity index (χ0) is 15.9. The molecule has 21 heavy (non-hydrogen) atoms. The highest BCUT2D eigenvalue weighted by Crippen LogP contribution is 2.34. The third-order valence-corrected chi connectivity index (χ3v) is 3.55. The molecule has 0 spiro atoms. The Morgan fingerprint density at radius 2 is 1.86 bits per heavy atom. The summed E-state index contributed by atoms with van der Waals surface area (Å²) < 4.78 is 5.92. The maximum absolute atomic E-state index is 5.92. The van der Waals surface area contributed by atoms with E-state index in [1.165, 1.54) is 11.1 Å². The van der Waals surface area contributed by atoms with Crippen LogP contribution in [0.1, 0.15) is 77.8 Å².